The predicted molar refractivity (Wildman–Crippen MR) is 94.3 cm³/mol. The van der Waals surface area contributed by atoms with Gasteiger partial charge in [-0.2, -0.15) is 0 Å². The van der Waals surface area contributed by atoms with Crippen LogP contribution in [0.2, 0.25) is 0 Å². The molecule has 0 aliphatic heterocycles. The predicted octanol–water partition coefficient (Wildman–Crippen LogP) is 1.46. The van der Waals surface area contributed by atoms with Crippen LogP contribution >= 0.6 is 12.4 Å². The third-order valence-electron chi connectivity index (χ3n) is 3.18. The number of rotatable bonds is 7. The van der Waals surface area contributed by atoms with Crippen molar-refractivity contribution in [3.63, 3.8) is 0 Å². The van der Waals surface area contributed by atoms with Crippen LogP contribution in [0.3, 0.4) is 0 Å². The highest BCUT2D eigenvalue weighted by Gasteiger charge is 2.20. The molecular formula is C15H26ClN3O3S. The Labute approximate surface area is 144 Å². The molecule has 0 aliphatic rings. The number of carbonyl (C=O) groups excluding carboxylic acids is 1. The van der Waals surface area contributed by atoms with Crippen molar-refractivity contribution in [3.05, 3.63) is 29.8 Å². The number of nitrogens with zero attached hydrogens (tertiary/aromatic N) is 1. The zero-order valence-electron chi connectivity index (χ0n) is 13.9. The summed E-state index contributed by atoms with van der Waals surface area (Å²) in [5, 5.41) is 0. The summed E-state index contributed by atoms with van der Waals surface area (Å²) in [7, 11) is -0.345. The molecule has 0 bridgehead atoms. The number of halogens is 1. The van der Waals surface area contributed by atoms with Crippen molar-refractivity contribution < 1.29 is 13.2 Å². The van der Waals surface area contributed by atoms with Gasteiger partial charge in [-0.3, -0.25) is 4.79 Å². The number of nitrogens with one attached hydrogen (secondary N) is 1. The summed E-state index contributed by atoms with van der Waals surface area (Å²) in [5.41, 5.74) is 6.07. The molecule has 8 heteroatoms. The molecule has 0 radical (unpaired) electrons. The summed E-state index contributed by atoms with van der Waals surface area (Å²) in [4.78, 5) is 13.4. The second-order valence-corrected chi connectivity index (χ2v) is 7.62. The third-order valence-corrected chi connectivity index (χ3v) is 4.72. The number of sulfonamides is 1. The number of nitrogens with two attached hydrogens (primary N) is 1. The molecule has 1 atom stereocenters. The van der Waals surface area contributed by atoms with Gasteiger partial charge in [0.25, 0.3) is 5.91 Å². The lowest BCUT2D eigenvalue weighted by molar-refractivity contribution is 0.0827. The van der Waals surface area contributed by atoms with Gasteiger partial charge in [0.05, 0.1) is 4.90 Å². The Morgan fingerprint density at radius 3 is 2.13 bits per heavy atom. The first-order chi connectivity index (χ1) is 10.2. The van der Waals surface area contributed by atoms with Gasteiger partial charge in [0.1, 0.15) is 0 Å². The quantitative estimate of drug-likeness (QED) is 0.767. The lowest BCUT2D eigenvalue weighted by Crippen LogP contribution is -2.40. The van der Waals surface area contributed by atoms with Crippen LogP contribution < -0.4 is 10.5 Å². The van der Waals surface area contributed by atoms with E-state index in [-0.39, 0.29) is 35.8 Å². The summed E-state index contributed by atoms with van der Waals surface area (Å²) >= 11 is 0. The van der Waals surface area contributed by atoms with Gasteiger partial charge in [-0.1, -0.05) is 13.8 Å². The molecule has 0 saturated heterocycles. The molecule has 0 saturated carbocycles. The first-order valence-corrected chi connectivity index (χ1v) is 8.69. The largest absolute Gasteiger partial charge is 0.345 e. The standard InChI is InChI=1S/C15H25N3O3S.ClH/c1-11(2)9-13(10-16)17-22(20,21)14-7-5-12(6-8-14)15(19)18(3)4;/h5-8,11,13,17H,9-10,16H2,1-4H3;1H. The van der Waals surface area contributed by atoms with E-state index in [1.165, 1.54) is 29.2 Å². The van der Waals surface area contributed by atoms with E-state index in [2.05, 4.69) is 4.72 Å². The molecule has 1 aromatic rings. The Bertz CT molecular complexity index is 601. The Morgan fingerprint density at radius 2 is 1.74 bits per heavy atom. The van der Waals surface area contributed by atoms with E-state index in [4.69, 9.17) is 5.73 Å². The molecule has 1 unspecified atom stereocenters. The normalized spacial score (nSPS) is 12.6. The first kappa shape index (κ1) is 21.9. The summed E-state index contributed by atoms with van der Waals surface area (Å²) in [6.45, 7) is 4.27. The summed E-state index contributed by atoms with van der Waals surface area (Å²) in [6, 6.07) is 5.59. The lowest BCUT2D eigenvalue weighted by atomic mass is 10.1. The number of hydrogen-bond donors (Lipinski definition) is 2. The highest BCUT2D eigenvalue weighted by molar-refractivity contribution is 7.89. The number of hydrogen-bond acceptors (Lipinski definition) is 4. The molecule has 0 heterocycles. The van der Waals surface area contributed by atoms with Gasteiger partial charge in [0, 0.05) is 32.2 Å². The molecule has 0 spiro atoms. The average Bonchev–Trinajstić information content (AvgIpc) is 2.45. The van der Waals surface area contributed by atoms with Crippen molar-refractivity contribution in [2.75, 3.05) is 20.6 Å². The Morgan fingerprint density at radius 1 is 1.22 bits per heavy atom. The Hall–Kier alpha value is -1.15. The van der Waals surface area contributed by atoms with E-state index in [0.29, 0.717) is 17.9 Å². The van der Waals surface area contributed by atoms with Crippen LogP contribution in [-0.4, -0.2) is 45.9 Å². The van der Waals surface area contributed by atoms with Crippen molar-refractivity contribution in [2.45, 2.75) is 31.2 Å². The van der Waals surface area contributed by atoms with E-state index in [1.807, 2.05) is 13.8 Å². The topological polar surface area (TPSA) is 92.5 Å². The minimum atomic E-state index is -3.63. The first-order valence-electron chi connectivity index (χ1n) is 7.21. The fourth-order valence-corrected chi connectivity index (χ4v) is 3.35. The fraction of sp³-hybridized carbons (Fsp3) is 0.533. The average molecular weight is 364 g/mol. The van der Waals surface area contributed by atoms with Crippen molar-refractivity contribution in [3.8, 4) is 0 Å². The van der Waals surface area contributed by atoms with Crippen LogP contribution in [0.15, 0.2) is 29.2 Å². The summed E-state index contributed by atoms with van der Waals surface area (Å²) in [6.07, 6.45) is 0.674. The van der Waals surface area contributed by atoms with Crippen molar-refractivity contribution in [2.24, 2.45) is 11.7 Å². The molecular weight excluding hydrogens is 338 g/mol. The maximum atomic E-state index is 12.3. The Balaban J connectivity index is 0.00000484. The minimum absolute atomic E-state index is 0. The smallest absolute Gasteiger partial charge is 0.253 e. The van der Waals surface area contributed by atoms with E-state index in [9.17, 15) is 13.2 Å². The summed E-state index contributed by atoms with van der Waals surface area (Å²) in [5.74, 6) is 0.174. The molecule has 1 rings (SSSR count). The number of amides is 1. The van der Waals surface area contributed by atoms with Gasteiger partial charge in [-0.15, -0.1) is 12.4 Å². The maximum Gasteiger partial charge on any atom is 0.253 e. The molecule has 3 N–H and O–H groups in total. The monoisotopic (exact) mass is 363 g/mol. The van der Waals surface area contributed by atoms with Gasteiger partial charge in [-0.25, -0.2) is 13.1 Å². The van der Waals surface area contributed by atoms with E-state index >= 15 is 0 Å². The second kappa shape index (κ2) is 9.22. The molecule has 132 valence electrons. The zero-order valence-corrected chi connectivity index (χ0v) is 15.6. The molecule has 0 fully saturated rings. The van der Waals surface area contributed by atoms with Gasteiger partial charge in [0.15, 0.2) is 0 Å². The highest BCUT2D eigenvalue weighted by atomic mass is 35.5. The van der Waals surface area contributed by atoms with E-state index in [0.717, 1.165) is 0 Å². The van der Waals surface area contributed by atoms with Crippen LogP contribution in [0.4, 0.5) is 0 Å². The molecule has 0 aliphatic carbocycles. The third kappa shape index (κ3) is 6.47. The summed E-state index contributed by atoms with van der Waals surface area (Å²) < 4.78 is 27.3. The molecule has 1 aromatic carbocycles. The van der Waals surface area contributed by atoms with Crippen LogP contribution in [0.1, 0.15) is 30.6 Å². The molecule has 0 aromatic heterocycles. The van der Waals surface area contributed by atoms with Crippen molar-refractivity contribution in [1.29, 1.82) is 0 Å². The van der Waals surface area contributed by atoms with Crippen LogP contribution in [-0.2, 0) is 10.0 Å². The SMILES string of the molecule is CC(C)CC(CN)NS(=O)(=O)c1ccc(C(=O)N(C)C)cc1.Cl. The van der Waals surface area contributed by atoms with E-state index in [1.54, 1.807) is 14.1 Å². The zero-order chi connectivity index (χ0) is 16.9. The number of benzene rings is 1. The van der Waals surface area contributed by atoms with Gasteiger partial charge >= 0.3 is 0 Å². The molecule has 1 amide bonds. The van der Waals surface area contributed by atoms with Gasteiger partial charge < -0.3 is 10.6 Å². The lowest BCUT2D eigenvalue weighted by Gasteiger charge is -2.19. The number of carbonyl (C=O) groups is 1. The second-order valence-electron chi connectivity index (χ2n) is 5.91. The van der Waals surface area contributed by atoms with E-state index < -0.39 is 10.0 Å². The van der Waals surface area contributed by atoms with Gasteiger partial charge in [-0.05, 0) is 36.6 Å². The van der Waals surface area contributed by atoms with Crippen molar-refractivity contribution >= 4 is 28.3 Å². The van der Waals surface area contributed by atoms with Crippen LogP contribution in [0.5, 0.6) is 0 Å². The fourth-order valence-electron chi connectivity index (χ4n) is 2.08. The molecule has 23 heavy (non-hydrogen) atoms. The van der Waals surface area contributed by atoms with Gasteiger partial charge in [0.2, 0.25) is 10.0 Å². The van der Waals surface area contributed by atoms with Crippen LogP contribution in [0, 0.1) is 5.92 Å². The maximum absolute atomic E-state index is 12.3. The molecule has 6 nitrogen and oxygen atoms in total. The van der Waals surface area contributed by atoms with Crippen LogP contribution in [0.25, 0.3) is 0 Å². The Kier molecular flexibility index (Phi) is 8.76. The minimum Gasteiger partial charge on any atom is -0.345 e. The van der Waals surface area contributed by atoms with Crippen molar-refractivity contribution in [1.82, 2.24) is 9.62 Å². The highest BCUT2D eigenvalue weighted by Crippen LogP contribution is 2.14.